The molecule has 0 spiro atoms. The Hall–Kier alpha value is -1.72. The highest BCUT2D eigenvalue weighted by Crippen LogP contribution is 2.29. The molecule has 0 bridgehead atoms. The standard InChI is InChI=1S/C17H21N3OS/c1-10(2)11-3-5-12(6-4-11)16(21)20-17-19-14-8-7-13(18)9-15(14)22-17/h3-6,10,13H,7-9,18H2,1-2H3,(H,19,20,21)/t13-/m0/s1. The number of fused-ring (bicyclic) bond motifs is 1. The lowest BCUT2D eigenvalue weighted by Gasteiger charge is -2.15. The van der Waals surface area contributed by atoms with Crippen molar-refractivity contribution in [1.29, 1.82) is 0 Å². The van der Waals surface area contributed by atoms with Crippen LogP contribution in [0.2, 0.25) is 0 Å². The summed E-state index contributed by atoms with van der Waals surface area (Å²) in [6.45, 7) is 4.28. The number of carbonyl (C=O) groups is 1. The number of nitrogens with one attached hydrogen (secondary N) is 1. The fraction of sp³-hybridized carbons (Fsp3) is 0.412. The van der Waals surface area contributed by atoms with Gasteiger partial charge in [-0.15, -0.1) is 11.3 Å². The van der Waals surface area contributed by atoms with Crippen LogP contribution in [0.3, 0.4) is 0 Å². The summed E-state index contributed by atoms with van der Waals surface area (Å²) in [5.74, 6) is 0.359. The Morgan fingerprint density at radius 2 is 2.09 bits per heavy atom. The van der Waals surface area contributed by atoms with Crippen molar-refractivity contribution in [3.63, 3.8) is 0 Å². The highest BCUT2D eigenvalue weighted by molar-refractivity contribution is 7.15. The van der Waals surface area contributed by atoms with E-state index < -0.39 is 0 Å². The first-order chi connectivity index (χ1) is 10.5. The second-order valence-electron chi connectivity index (χ2n) is 6.12. The van der Waals surface area contributed by atoms with Crippen LogP contribution in [0.15, 0.2) is 24.3 Å². The van der Waals surface area contributed by atoms with Crippen LogP contribution in [0.5, 0.6) is 0 Å². The molecule has 0 aliphatic heterocycles. The molecule has 2 aromatic rings. The lowest BCUT2D eigenvalue weighted by molar-refractivity contribution is 0.102. The molecule has 0 unspecified atom stereocenters. The summed E-state index contributed by atoms with van der Waals surface area (Å²) in [7, 11) is 0. The lowest BCUT2D eigenvalue weighted by atomic mass is 9.99. The molecule has 0 saturated carbocycles. The van der Waals surface area contributed by atoms with Crippen LogP contribution in [0.4, 0.5) is 5.13 Å². The number of thiazole rings is 1. The minimum Gasteiger partial charge on any atom is -0.327 e. The smallest absolute Gasteiger partial charge is 0.257 e. The van der Waals surface area contributed by atoms with Crippen molar-refractivity contribution < 1.29 is 4.79 Å². The quantitative estimate of drug-likeness (QED) is 0.913. The molecule has 1 heterocycles. The van der Waals surface area contributed by atoms with Crippen molar-refractivity contribution in [2.24, 2.45) is 5.73 Å². The van der Waals surface area contributed by atoms with Gasteiger partial charge in [0.1, 0.15) is 0 Å². The first-order valence-corrected chi connectivity index (χ1v) is 8.50. The predicted molar refractivity (Wildman–Crippen MR) is 90.6 cm³/mol. The van der Waals surface area contributed by atoms with Crippen molar-refractivity contribution in [2.75, 3.05) is 5.32 Å². The number of nitrogens with zero attached hydrogens (tertiary/aromatic N) is 1. The third-order valence-corrected chi connectivity index (χ3v) is 5.07. The summed E-state index contributed by atoms with van der Waals surface area (Å²) < 4.78 is 0. The largest absolute Gasteiger partial charge is 0.327 e. The number of carbonyl (C=O) groups excluding carboxylic acids is 1. The van der Waals surface area contributed by atoms with Gasteiger partial charge in [-0.2, -0.15) is 0 Å². The zero-order valence-corrected chi connectivity index (χ0v) is 13.7. The number of hydrogen-bond acceptors (Lipinski definition) is 4. The summed E-state index contributed by atoms with van der Waals surface area (Å²) in [5.41, 5.74) is 8.97. The van der Waals surface area contributed by atoms with E-state index in [4.69, 9.17) is 5.73 Å². The minimum atomic E-state index is -0.106. The van der Waals surface area contributed by atoms with Crippen molar-refractivity contribution in [2.45, 2.75) is 45.1 Å². The molecule has 0 fully saturated rings. The van der Waals surface area contributed by atoms with Gasteiger partial charge in [-0.25, -0.2) is 4.98 Å². The molecule has 4 nitrogen and oxygen atoms in total. The Morgan fingerprint density at radius 1 is 1.36 bits per heavy atom. The van der Waals surface area contributed by atoms with E-state index in [-0.39, 0.29) is 11.9 Å². The molecule has 0 saturated heterocycles. The van der Waals surface area contributed by atoms with Gasteiger partial charge in [0, 0.05) is 16.5 Å². The summed E-state index contributed by atoms with van der Waals surface area (Å²) in [5, 5.41) is 3.58. The van der Waals surface area contributed by atoms with E-state index in [1.165, 1.54) is 10.4 Å². The molecule has 1 aliphatic rings. The van der Waals surface area contributed by atoms with Gasteiger partial charge in [-0.1, -0.05) is 26.0 Å². The zero-order chi connectivity index (χ0) is 15.7. The van der Waals surface area contributed by atoms with Crippen LogP contribution in [-0.4, -0.2) is 16.9 Å². The number of hydrogen-bond donors (Lipinski definition) is 2. The van der Waals surface area contributed by atoms with E-state index in [0.29, 0.717) is 16.6 Å². The van der Waals surface area contributed by atoms with Crippen molar-refractivity contribution in [3.05, 3.63) is 46.0 Å². The summed E-state index contributed by atoms with van der Waals surface area (Å²) in [6, 6.07) is 7.97. The van der Waals surface area contributed by atoms with Crippen molar-refractivity contribution in [3.8, 4) is 0 Å². The molecule has 1 atom stereocenters. The molecule has 3 N–H and O–H groups in total. The van der Waals surface area contributed by atoms with Crippen LogP contribution >= 0.6 is 11.3 Å². The molecule has 3 rings (SSSR count). The Kier molecular flexibility index (Phi) is 4.27. The van der Waals surface area contributed by atoms with Gasteiger partial charge in [0.15, 0.2) is 5.13 Å². The van der Waals surface area contributed by atoms with E-state index in [1.54, 1.807) is 11.3 Å². The average Bonchev–Trinajstić information content (AvgIpc) is 2.88. The van der Waals surface area contributed by atoms with Gasteiger partial charge in [0.2, 0.25) is 0 Å². The zero-order valence-electron chi connectivity index (χ0n) is 12.9. The molecule has 1 aromatic heterocycles. The topological polar surface area (TPSA) is 68.0 Å². The van der Waals surface area contributed by atoms with Crippen LogP contribution < -0.4 is 11.1 Å². The van der Waals surface area contributed by atoms with Crippen LogP contribution in [0, 0.1) is 0 Å². The van der Waals surface area contributed by atoms with E-state index in [1.807, 2.05) is 24.3 Å². The van der Waals surface area contributed by atoms with Gasteiger partial charge in [-0.05, 0) is 42.9 Å². The first kappa shape index (κ1) is 15.2. The van der Waals surface area contributed by atoms with Gasteiger partial charge in [0.05, 0.1) is 5.69 Å². The maximum atomic E-state index is 12.3. The molecule has 1 aliphatic carbocycles. The number of aryl methyl sites for hydroxylation is 1. The van der Waals surface area contributed by atoms with Gasteiger partial charge in [-0.3, -0.25) is 10.1 Å². The van der Waals surface area contributed by atoms with Gasteiger partial charge in [0.25, 0.3) is 5.91 Å². The molecular formula is C17H21N3OS. The second-order valence-corrected chi connectivity index (χ2v) is 7.21. The lowest BCUT2D eigenvalue weighted by Crippen LogP contribution is -2.27. The Labute approximate surface area is 134 Å². The highest BCUT2D eigenvalue weighted by Gasteiger charge is 2.21. The first-order valence-electron chi connectivity index (χ1n) is 7.68. The van der Waals surface area contributed by atoms with Crippen LogP contribution in [0.1, 0.15) is 52.7 Å². The van der Waals surface area contributed by atoms with Gasteiger partial charge < -0.3 is 5.73 Å². The van der Waals surface area contributed by atoms with Gasteiger partial charge >= 0.3 is 0 Å². The molecular weight excluding hydrogens is 294 g/mol. The normalized spacial score (nSPS) is 17.4. The number of amides is 1. The number of nitrogens with two attached hydrogens (primary N) is 1. The maximum absolute atomic E-state index is 12.3. The van der Waals surface area contributed by atoms with E-state index in [9.17, 15) is 4.79 Å². The number of anilines is 1. The Balaban J connectivity index is 1.71. The third-order valence-electron chi connectivity index (χ3n) is 4.04. The van der Waals surface area contributed by atoms with E-state index >= 15 is 0 Å². The Morgan fingerprint density at radius 3 is 2.77 bits per heavy atom. The van der Waals surface area contributed by atoms with Crippen LogP contribution in [-0.2, 0) is 12.8 Å². The molecule has 5 heteroatoms. The van der Waals surface area contributed by atoms with Crippen molar-refractivity contribution >= 4 is 22.4 Å². The predicted octanol–water partition coefficient (Wildman–Crippen LogP) is 3.33. The summed E-state index contributed by atoms with van der Waals surface area (Å²) in [4.78, 5) is 18.0. The SMILES string of the molecule is CC(C)c1ccc(C(=O)Nc2nc3c(s2)C[C@@H](N)CC3)cc1. The summed E-state index contributed by atoms with van der Waals surface area (Å²) in [6.07, 6.45) is 2.75. The molecule has 0 radical (unpaired) electrons. The number of aromatic nitrogens is 1. The third kappa shape index (κ3) is 3.20. The number of rotatable bonds is 3. The highest BCUT2D eigenvalue weighted by atomic mass is 32.1. The Bertz CT molecular complexity index is 676. The molecule has 1 aromatic carbocycles. The average molecular weight is 315 g/mol. The number of benzene rings is 1. The molecule has 1 amide bonds. The van der Waals surface area contributed by atoms with E-state index in [2.05, 4.69) is 24.1 Å². The second kappa shape index (κ2) is 6.18. The maximum Gasteiger partial charge on any atom is 0.257 e. The molecule has 22 heavy (non-hydrogen) atoms. The molecule has 116 valence electrons. The fourth-order valence-electron chi connectivity index (χ4n) is 2.64. The van der Waals surface area contributed by atoms with Crippen molar-refractivity contribution in [1.82, 2.24) is 4.98 Å². The summed E-state index contributed by atoms with van der Waals surface area (Å²) >= 11 is 1.55. The monoisotopic (exact) mass is 315 g/mol. The van der Waals surface area contributed by atoms with E-state index in [0.717, 1.165) is 25.0 Å². The van der Waals surface area contributed by atoms with Crippen LogP contribution in [0.25, 0.3) is 0 Å². The minimum absolute atomic E-state index is 0.106. The fourth-order valence-corrected chi connectivity index (χ4v) is 3.74.